The first-order chi connectivity index (χ1) is 8.97. The van der Waals surface area contributed by atoms with Gasteiger partial charge in [-0.3, -0.25) is 0 Å². The third kappa shape index (κ3) is 3.49. The Balaban J connectivity index is 2.14. The lowest BCUT2D eigenvalue weighted by Crippen LogP contribution is -2.38. The molecule has 0 radical (unpaired) electrons. The molecule has 3 atom stereocenters. The lowest BCUT2D eigenvalue weighted by molar-refractivity contribution is 0.212. The molecule has 1 aliphatic rings. The topological polar surface area (TPSA) is 12.0 Å². The Bertz CT molecular complexity index is 427. The molecule has 0 saturated heterocycles. The van der Waals surface area contributed by atoms with Gasteiger partial charge in [0.1, 0.15) is 5.82 Å². The second kappa shape index (κ2) is 5.94. The number of benzene rings is 1. The molecule has 1 aliphatic carbocycles. The van der Waals surface area contributed by atoms with Gasteiger partial charge in [0.25, 0.3) is 0 Å². The van der Waals surface area contributed by atoms with Crippen LogP contribution in [0.2, 0.25) is 0 Å². The number of rotatable bonds is 3. The van der Waals surface area contributed by atoms with Crippen molar-refractivity contribution in [2.75, 3.05) is 5.32 Å². The van der Waals surface area contributed by atoms with Crippen molar-refractivity contribution in [2.45, 2.75) is 53.0 Å². The number of hydrogen-bond donors (Lipinski definition) is 1. The van der Waals surface area contributed by atoms with Gasteiger partial charge in [0, 0.05) is 11.7 Å². The van der Waals surface area contributed by atoms with Crippen molar-refractivity contribution < 1.29 is 4.39 Å². The van der Waals surface area contributed by atoms with Gasteiger partial charge in [-0.1, -0.05) is 27.2 Å². The molecule has 1 N–H and O–H groups in total. The molecule has 2 heteroatoms. The summed E-state index contributed by atoms with van der Waals surface area (Å²) in [6, 6.07) is 5.56. The van der Waals surface area contributed by atoms with Crippen LogP contribution in [0.1, 0.15) is 45.6 Å². The maximum atomic E-state index is 13.2. The largest absolute Gasteiger partial charge is 0.382 e. The second-order valence-electron chi connectivity index (χ2n) is 6.54. The first-order valence-electron chi connectivity index (χ1n) is 7.50. The van der Waals surface area contributed by atoms with Crippen LogP contribution in [0.3, 0.4) is 0 Å². The highest BCUT2D eigenvalue weighted by molar-refractivity contribution is 5.51. The fraction of sp³-hybridized carbons (Fsp3) is 0.647. The Kier molecular flexibility index (Phi) is 4.49. The summed E-state index contributed by atoms with van der Waals surface area (Å²) in [5, 5.41) is 3.67. The Labute approximate surface area is 116 Å². The molecule has 1 nitrogen and oxygen atoms in total. The average molecular weight is 263 g/mol. The molecule has 106 valence electrons. The van der Waals surface area contributed by atoms with Gasteiger partial charge in [-0.05, 0) is 61.3 Å². The van der Waals surface area contributed by atoms with E-state index >= 15 is 0 Å². The van der Waals surface area contributed by atoms with Gasteiger partial charge in [-0.25, -0.2) is 4.39 Å². The van der Waals surface area contributed by atoms with Crippen LogP contribution in [-0.2, 0) is 0 Å². The van der Waals surface area contributed by atoms with Crippen molar-refractivity contribution in [2.24, 2.45) is 17.8 Å². The summed E-state index contributed by atoms with van der Waals surface area (Å²) < 4.78 is 13.2. The molecule has 1 saturated carbocycles. The monoisotopic (exact) mass is 263 g/mol. The standard InChI is InChI=1S/C17H26FN/c1-11(2)15-7-5-12(3)9-17(15)19-16-8-6-14(18)10-13(16)4/h6,8,10-12,15,17,19H,5,7,9H2,1-4H3. The zero-order valence-electron chi connectivity index (χ0n) is 12.5. The maximum absolute atomic E-state index is 13.2. The SMILES string of the molecule is Cc1cc(F)ccc1NC1CC(C)CCC1C(C)C. The van der Waals surface area contributed by atoms with Gasteiger partial charge >= 0.3 is 0 Å². The summed E-state index contributed by atoms with van der Waals surface area (Å²) in [6.45, 7) is 8.94. The van der Waals surface area contributed by atoms with E-state index in [9.17, 15) is 4.39 Å². The summed E-state index contributed by atoms with van der Waals surface area (Å²) >= 11 is 0. The van der Waals surface area contributed by atoms with Gasteiger partial charge in [-0.2, -0.15) is 0 Å². The normalized spacial score (nSPS) is 27.6. The van der Waals surface area contributed by atoms with Crippen LogP contribution >= 0.6 is 0 Å². The Hall–Kier alpha value is -1.05. The van der Waals surface area contributed by atoms with Crippen LogP contribution in [0.4, 0.5) is 10.1 Å². The van der Waals surface area contributed by atoms with Crippen LogP contribution in [0.15, 0.2) is 18.2 Å². The van der Waals surface area contributed by atoms with Crippen molar-refractivity contribution in [3.63, 3.8) is 0 Å². The molecule has 1 aromatic carbocycles. The molecule has 2 rings (SSSR count). The third-order valence-corrected chi connectivity index (χ3v) is 4.55. The summed E-state index contributed by atoms with van der Waals surface area (Å²) in [7, 11) is 0. The van der Waals surface area contributed by atoms with Crippen molar-refractivity contribution in [3.8, 4) is 0 Å². The van der Waals surface area contributed by atoms with E-state index in [2.05, 4.69) is 26.1 Å². The van der Waals surface area contributed by atoms with E-state index in [0.717, 1.165) is 23.1 Å². The Morgan fingerprint density at radius 3 is 2.63 bits per heavy atom. The Morgan fingerprint density at radius 2 is 2.00 bits per heavy atom. The van der Waals surface area contributed by atoms with E-state index in [4.69, 9.17) is 0 Å². The Morgan fingerprint density at radius 1 is 1.26 bits per heavy atom. The molecule has 0 spiro atoms. The zero-order valence-corrected chi connectivity index (χ0v) is 12.5. The molecular formula is C17H26FN. The summed E-state index contributed by atoms with van der Waals surface area (Å²) in [6.07, 6.45) is 3.86. The number of halogens is 1. The van der Waals surface area contributed by atoms with Gasteiger partial charge < -0.3 is 5.32 Å². The highest BCUT2D eigenvalue weighted by Gasteiger charge is 2.30. The molecule has 0 amide bonds. The molecule has 19 heavy (non-hydrogen) atoms. The molecule has 1 aromatic rings. The fourth-order valence-electron chi connectivity index (χ4n) is 3.36. The van der Waals surface area contributed by atoms with Crippen molar-refractivity contribution in [3.05, 3.63) is 29.6 Å². The third-order valence-electron chi connectivity index (χ3n) is 4.55. The minimum Gasteiger partial charge on any atom is -0.382 e. The van der Waals surface area contributed by atoms with Gasteiger partial charge in [0.05, 0.1) is 0 Å². The van der Waals surface area contributed by atoms with Gasteiger partial charge in [0.2, 0.25) is 0 Å². The van der Waals surface area contributed by atoms with Crippen LogP contribution in [0.25, 0.3) is 0 Å². The predicted molar refractivity (Wildman–Crippen MR) is 79.9 cm³/mol. The van der Waals surface area contributed by atoms with Crippen molar-refractivity contribution in [1.29, 1.82) is 0 Å². The van der Waals surface area contributed by atoms with E-state index < -0.39 is 0 Å². The number of aryl methyl sites for hydroxylation is 1. The lowest BCUT2D eigenvalue weighted by Gasteiger charge is -2.38. The maximum Gasteiger partial charge on any atom is 0.123 e. The molecular weight excluding hydrogens is 237 g/mol. The predicted octanol–water partition coefficient (Wildman–Crippen LogP) is 5.01. The molecule has 3 unspecified atom stereocenters. The second-order valence-corrected chi connectivity index (χ2v) is 6.54. The smallest absolute Gasteiger partial charge is 0.123 e. The van der Waals surface area contributed by atoms with E-state index in [0.29, 0.717) is 12.0 Å². The number of anilines is 1. The van der Waals surface area contributed by atoms with E-state index in [1.807, 2.05) is 13.0 Å². The van der Waals surface area contributed by atoms with Gasteiger partial charge in [0.15, 0.2) is 0 Å². The minimum absolute atomic E-state index is 0.152. The number of hydrogen-bond acceptors (Lipinski definition) is 1. The first-order valence-corrected chi connectivity index (χ1v) is 7.50. The first kappa shape index (κ1) is 14.4. The van der Waals surface area contributed by atoms with Crippen molar-refractivity contribution >= 4 is 5.69 Å². The molecule has 1 fully saturated rings. The van der Waals surface area contributed by atoms with Crippen LogP contribution < -0.4 is 5.32 Å². The average Bonchev–Trinajstić information content (AvgIpc) is 2.32. The quantitative estimate of drug-likeness (QED) is 0.808. The fourth-order valence-corrected chi connectivity index (χ4v) is 3.36. The molecule has 0 aromatic heterocycles. The van der Waals surface area contributed by atoms with Crippen LogP contribution in [-0.4, -0.2) is 6.04 Å². The highest BCUT2D eigenvalue weighted by atomic mass is 19.1. The zero-order chi connectivity index (χ0) is 14.0. The van der Waals surface area contributed by atoms with E-state index in [1.165, 1.54) is 19.3 Å². The van der Waals surface area contributed by atoms with E-state index in [1.54, 1.807) is 12.1 Å². The minimum atomic E-state index is -0.152. The molecule has 0 bridgehead atoms. The van der Waals surface area contributed by atoms with Gasteiger partial charge in [-0.15, -0.1) is 0 Å². The summed E-state index contributed by atoms with van der Waals surface area (Å²) in [5.41, 5.74) is 2.09. The summed E-state index contributed by atoms with van der Waals surface area (Å²) in [4.78, 5) is 0. The van der Waals surface area contributed by atoms with Crippen LogP contribution in [0.5, 0.6) is 0 Å². The molecule has 0 heterocycles. The van der Waals surface area contributed by atoms with E-state index in [-0.39, 0.29) is 5.82 Å². The highest BCUT2D eigenvalue weighted by Crippen LogP contribution is 2.35. The van der Waals surface area contributed by atoms with Crippen LogP contribution in [0, 0.1) is 30.5 Å². The summed E-state index contributed by atoms with van der Waals surface area (Å²) in [5.74, 6) is 2.06. The van der Waals surface area contributed by atoms with Crippen molar-refractivity contribution in [1.82, 2.24) is 0 Å². The lowest BCUT2D eigenvalue weighted by atomic mass is 9.74. The molecule has 0 aliphatic heterocycles. The number of nitrogens with one attached hydrogen (secondary N) is 1.